The van der Waals surface area contributed by atoms with Gasteiger partial charge < -0.3 is 19.6 Å². The lowest BCUT2D eigenvalue weighted by molar-refractivity contribution is -0.120. The molecule has 2 N–H and O–H groups in total. The van der Waals surface area contributed by atoms with Gasteiger partial charge in [-0.15, -0.1) is 0 Å². The molecule has 2 rings (SSSR count). The molecule has 0 saturated carbocycles. The van der Waals surface area contributed by atoms with Crippen molar-refractivity contribution in [2.45, 2.75) is 25.9 Å². The van der Waals surface area contributed by atoms with Gasteiger partial charge in [-0.25, -0.2) is 0 Å². The molecule has 1 unspecified atom stereocenters. The second-order valence-electron chi connectivity index (χ2n) is 4.96. The zero-order chi connectivity index (χ0) is 15.8. The van der Waals surface area contributed by atoms with Gasteiger partial charge in [-0.1, -0.05) is 12.1 Å². The Morgan fingerprint density at radius 1 is 1.32 bits per heavy atom. The Hall–Kier alpha value is -2.27. The quantitative estimate of drug-likeness (QED) is 0.786. The van der Waals surface area contributed by atoms with Crippen molar-refractivity contribution in [1.82, 2.24) is 5.32 Å². The third-order valence-electron chi connectivity index (χ3n) is 3.27. The summed E-state index contributed by atoms with van der Waals surface area (Å²) in [5.41, 5.74) is 1.65. The summed E-state index contributed by atoms with van der Waals surface area (Å²) in [6.45, 7) is 2.97. The van der Waals surface area contributed by atoms with Crippen molar-refractivity contribution in [3.8, 4) is 5.75 Å². The molecular weight excluding hydrogens is 282 g/mol. The highest BCUT2D eigenvalue weighted by Crippen LogP contribution is 2.16. The number of carbonyl (C=O) groups excluding carboxylic acids is 1. The van der Waals surface area contributed by atoms with E-state index in [1.807, 2.05) is 31.2 Å². The van der Waals surface area contributed by atoms with E-state index in [4.69, 9.17) is 9.15 Å². The molecular formula is C17H21NO4. The Balaban J connectivity index is 1.71. The van der Waals surface area contributed by atoms with Gasteiger partial charge in [0.05, 0.1) is 31.7 Å². The maximum absolute atomic E-state index is 11.8. The average Bonchev–Trinajstić information content (AvgIpc) is 3.04. The van der Waals surface area contributed by atoms with E-state index in [-0.39, 0.29) is 5.91 Å². The van der Waals surface area contributed by atoms with E-state index >= 15 is 0 Å². The summed E-state index contributed by atoms with van der Waals surface area (Å²) in [5, 5.41) is 12.7. The van der Waals surface area contributed by atoms with Crippen LogP contribution in [0.5, 0.6) is 5.75 Å². The van der Waals surface area contributed by atoms with Gasteiger partial charge in [-0.05, 0) is 37.1 Å². The van der Waals surface area contributed by atoms with Gasteiger partial charge in [0.15, 0.2) is 0 Å². The molecule has 0 spiro atoms. The number of aliphatic hydroxyl groups excluding tert-OH is 1. The van der Waals surface area contributed by atoms with Crippen molar-refractivity contribution in [3.05, 3.63) is 54.0 Å². The molecule has 1 aromatic heterocycles. The molecule has 1 atom stereocenters. The number of aliphatic hydroxyl groups is 1. The van der Waals surface area contributed by atoms with Gasteiger partial charge in [-0.2, -0.15) is 0 Å². The van der Waals surface area contributed by atoms with Crippen molar-refractivity contribution in [3.63, 3.8) is 0 Å². The van der Waals surface area contributed by atoms with E-state index in [2.05, 4.69) is 5.32 Å². The molecule has 2 aromatic rings. The van der Waals surface area contributed by atoms with Gasteiger partial charge in [-0.3, -0.25) is 4.79 Å². The smallest absolute Gasteiger partial charge is 0.224 e. The molecule has 0 aliphatic heterocycles. The van der Waals surface area contributed by atoms with Crippen LogP contribution in [0, 0.1) is 0 Å². The standard InChI is InChI=1S/C17H21NO4/c1-2-22-15-5-3-13(4-6-15)11-17(20)18-9-7-16(19)14-8-10-21-12-14/h3-6,8,10,12,16,19H,2,7,9,11H2,1H3,(H,18,20). The minimum Gasteiger partial charge on any atom is -0.494 e. The predicted octanol–water partition coefficient (Wildman–Crippen LogP) is 2.46. The summed E-state index contributed by atoms with van der Waals surface area (Å²) in [6, 6.07) is 9.19. The molecule has 5 nitrogen and oxygen atoms in total. The molecule has 22 heavy (non-hydrogen) atoms. The first-order valence-electron chi connectivity index (χ1n) is 7.37. The van der Waals surface area contributed by atoms with Crippen LogP contribution in [0.4, 0.5) is 0 Å². The normalized spacial score (nSPS) is 11.9. The lowest BCUT2D eigenvalue weighted by Gasteiger charge is -2.10. The molecule has 0 aliphatic rings. The van der Waals surface area contributed by atoms with Crippen LogP contribution in [0.25, 0.3) is 0 Å². The Labute approximate surface area is 129 Å². The fourth-order valence-corrected chi connectivity index (χ4v) is 2.10. The number of benzene rings is 1. The number of ether oxygens (including phenoxy) is 1. The van der Waals surface area contributed by atoms with Crippen LogP contribution in [0.1, 0.15) is 30.6 Å². The highest BCUT2D eigenvalue weighted by Gasteiger charge is 2.09. The zero-order valence-electron chi connectivity index (χ0n) is 12.6. The second-order valence-corrected chi connectivity index (χ2v) is 4.96. The summed E-state index contributed by atoms with van der Waals surface area (Å²) < 4.78 is 10.3. The van der Waals surface area contributed by atoms with Gasteiger partial charge in [0.25, 0.3) is 0 Å². The summed E-state index contributed by atoms with van der Waals surface area (Å²) >= 11 is 0. The van der Waals surface area contributed by atoms with Crippen molar-refractivity contribution in [2.75, 3.05) is 13.2 Å². The number of amides is 1. The zero-order valence-corrected chi connectivity index (χ0v) is 12.6. The first-order valence-corrected chi connectivity index (χ1v) is 7.37. The first kappa shape index (κ1) is 16.1. The van der Waals surface area contributed by atoms with E-state index in [9.17, 15) is 9.90 Å². The summed E-state index contributed by atoms with van der Waals surface area (Å²) in [7, 11) is 0. The van der Waals surface area contributed by atoms with Crippen molar-refractivity contribution < 1.29 is 19.1 Å². The number of carbonyl (C=O) groups is 1. The number of hydrogen-bond donors (Lipinski definition) is 2. The van der Waals surface area contributed by atoms with E-state index < -0.39 is 6.10 Å². The Morgan fingerprint density at radius 2 is 2.09 bits per heavy atom. The Bertz CT molecular complexity index is 563. The number of nitrogens with one attached hydrogen (secondary N) is 1. The fourth-order valence-electron chi connectivity index (χ4n) is 2.10. The summed E-state index contributed by atoms with van der Waals surface area (Å²) in [6.07, 6.45) is 3.17. The predicted molar refractivity (Wildman–Crippen MR) is 82.6 cm³/mol. The maximum Gasteiger partial charge on any atom is 0.224 e. The van der Waals surface area contributed by atoms with Crippen molar-refractivity contribution in [1.29, 1.82) is 0 Å². The fraction of sp³-hybridized carbons (Fsp3) is 0.353. The first-order chi connectivity index (χ1) is 10.7. The monoisotopic (exact) mass is 303 g/mol. The Kier molecular flexibility index (Phi) is 6.03. The largest absolute Gasteiger partial charge is 0.494 e. The molecule has 5 heteroatoms. The lowest BCUT2D eigenvalue weighted by Crippen LogP contribution is -2.27. The highest BCUT2D eigenvalue weighted by atomic mass is 16.5. The van der Waals surface area contributed by atoms with Crippen LogP contribution in [0.2, 0.25) is 0 Å². The molecule has 0 bridgehead atoms. The van der Waals surface area contributed by atoms with E-state index in [1.54, 1.807) is 6.07 Å². The number of rotatable bonds is 8. The Morgan fingerprint density at radius 3 is 2.73 bits per heavy atom. The molecule has 1 amide bonds. The molecule has 0 aliphatic carbocycles. The molecule has 0 saturated heterocycles. The molecule has 0 radical (unpaired) electrons. The van der Waals surface area contributed by atoms with Gasteiger partial charge in [0.1, 0.15) is 5.75 Å². The summed E-state index contributed by atoms with van der Waals surface area (Å²) in [4.78, 5) is 11.8. The van der Waals surface area contributed by atoms with Gasteiger partial charge in [0, 0.05) is 12.1 Å². The van der Waals surface area contributed by atoms with Crippen LogP contribution >= 0.6 is 0 Å². The van der Waals surface area contributed by atoms with Crippen molar-refractivity contribution >= 4 is 5.91 Å². The molecule has 118 valence electrons. The van der Waals surface area contributed by atoms with Gasteiger partial charge >= 0.3 is 0 Å². The average molecular weight is 303 g/mol. The topological polar surface area (TPSA) is 71.7 Å². The van der Waals surface area contributed by atoms with Gasteiger partial charge in [0.2, 0.25) is 5.91 Å². The van der Waals surface area contributed by atoms with Crippen LogP contribution in [0.15, 0.2) is 47.3 Å². The molecule has 1 aromatic carbocycles. The van der Waals surface area contributed by atoms with Crippen molar-refractivity contribution in [2.24, 2.45) is 0 Å². The minimum atomic E-state index is -0.621. The highest BCUT2D eigenvalue weighted by molar-refractivity contribution is 5.78. The second kappa shape index (κ2) is 8.24. The van der Waals surface area contributed by atoms with Crippen LogP contribution in [0.3, 0.4) is 0 Å². The number of furan rings is 1. The summed E-state index contributed by atoms with van der Waals surface area (Å²) in [5.74, 6) is 0.735. The third-order valence-corrected chi connectivity index (χ3v) is 3.27. The number of hydrogen-bond acceptors (Lipinski definition) is 4. The molecule has 1 heterocycles. The van der Waals surface area contributed by atoms with Crippen LogP contribution in [-0.2, 0) is 11.2 Å². The van der Waals surface area contributed by atoms with E-state index in [0.717, 1.165) is 16.9 Å². The molecule has 0 fully saturated rings. The lowest BCUT2D eigenvalue weighted by atomic mass is 10.1. The third kappa shape index (κ3) is 4.93. The van der Waals surface area contributed by atoms with Crippen LogP contribution in [-0.4, -0.2) is 24.2 Å². The maximum atomic E-state index is 11.8. The van der Waals surface area contributed by atoms with E-state index in [0.29, 0.717) is 26.0 Å². The SMILES string of the molecule is CCOc1ccc(CC(=O)NCCC(O)c2ccoc2)cc1. The minimum absolute atomic E-state index is 0.0662. The van der Waals surface area contributed by atoms with Crippen LogP contribution < -0.4 is 10.1 Å². The van der Waals surface area contributed by atoms with E-state index in [1.165, 1.54) is 12.5 Å².